The molecular formula is C26H29NO6. The van der Waals surface area contributed by atoms with Gasteiger partial charge >= 0.3 is 5.63 Å². The summed E-state index contributed by atoms with van der Waals surface area (Å²) in [6, 6.07) is 10.5. The second kappa shape index (κ2) is 8.90. The van der Waals surface area contributed by atoms with E-state index in [1.165, 1.54) is 0 Å². The monoisotopic (exact) mass is 451 g/mol. The van der Waals surface area contributed by atoms with Gasteiger partial charge in [0.2, 0.25) is 5.91 Å². The van der Waals surface area contributed by atoms with E-state index < -0.39 is 11.7 Å². The molecule has 0 radical (unpaired) electrons. The highest BCUT2D eigenvalue weighted by molar-refractivity contribution is 5.93. The van der Waals surface area contributed by atoms with Gasteiger partial charge in [-0.25, -0.2) is 4.79 Å². The Morgan fingerprint density at radius 1 is 1.27 bits per heavy atom. The number of hydrogen-bond acceptors (Lipinski definition) is 6. The van der Waals surface area contributed by atoms with E-state index in [0.29, 0.717) is 34.5 Å². The van der Waals surface area contributed by atoms with Crippen molar-refractivity contribution >= 4 is 16.9 Å². The van der Waals surface area contributed by atoms with Crippen LogP contribution in [-0.2, 0) is 17.6 Å². The zero-order valence-electron chi connectivity index (χ0n) is 19.4. The molecule has 2 heterocycles. The third kappa shape index (κ3) is 4.46. The number of carbonyl (C=O) groups excluding carboxylic acids is 1. The van der Waals surface area contributed by atoms with Crippen molar-refractivity contribution < 1.29 is 23.8 Å². The number of aliphatic hydroxyl groups is 1. The fourth-order valence-electron chi connectivity index (χ4n) is 4.37. The lowest BCUT2D eigenvalue weighted by atomic mass is 9.91. The van der Waals surface area contributed by atoms with Gasteiger partial charge in [-0.1, -0.05) is 30.3 Å². The molecular weight excluding hydrogens is 422 g/mol. The Morgan fingerprint density at radius 2 is 2.00 bits per heavy atom. The number of aliphatic hydroxyl groups excluding tert-OH is 1. The molecule has 7 heteroatoms. The zero-order valence-corrected chi connectivity index (χ0v) is 19.4. The van der Waals surface area contributed by atoms with Gasteiger partial charge in [0.1, 0.15) is 22.7 Å². The van der Waals surface area contributed by atoms with Gasteiger partial charge in [0.25, 0.3) is 0 Å². The van der Waals surface area contributed by atoms with Crippen molar-refractivity contribution in [2.75, 3.05) is 13.7 Å². The van der Waals surface area contributed by atoms with Gasteiger partial charge in [0.15, 0.2) is 0 Å². The first kappa shape index (κ1) is 22.9. The summed E-state index contributed by atoms with van der Waals surface area (Å²) >= 11 is 0. The Balaban J connectivity index is 1.71. The number of aryl methyl sites for hydroxylation is 2. The van der Waals surface area contributed by atoms with Gasteiger partial charge in [-0.3, -0.25) is 4.79 Å². The van der Waals surface area contributed by atoms with Crippen molar-refractivity contribution in [1.29, 1.82) is 0 Å². The normalized spacial score (nSPS) is 15.4. The van der Waals surface area contributed by atoms with Crippen LogP contribution in [0.25, 0.3) is 11.0 Å². The largest absolute Gasteiger partial charge is 0.496 e. The number of methoxy groups -OCH3 is 1. The molecule has 4 rings (SSSR count). The summed E-state index contributed by atoms with van der Waals surface area (Å²) in [6.07, 6.45) is 1.33. The second-order valence-corrected chi connectivity index (χ2v) is 9.00. The summed E-state index contributed by atoms with van der Waals surface area (Å²) < 4.78 is 17.5. The molecule has 1 amide bonds. The molecule has 1 atom stereocenters. The molecule has 0 fully saturated rings. The molecule has 0 saturated heterocycles. The highest BCUT2D eigenvalue weighted by Gasteiger charge is 2.31. The molecule has 0 spiro atoms. The lowest BCUT2D eigenvalue weighted by Gasteiger charge is -2.33. The molecule has 3 aromatic rings. The molecule has 1 aliphatic rings. The van der Waals surface area contributed by atoms with Gasteiger partial charge in [0.05, 0.1) is 37.1 Å². The lowest BCUT2D eigenvalue weighted by Crippen LogP contribution is -2.33. The van der Waals surface area contributed by atoms with Crippen LogP contribution in [0, 0.1) is 6.92 Å². The third-order valence-electron chi connectivity index (χ3n) is 6.22. The van der Waals surface area contributed by atoms with Crippen molar-refractivity contribution in [2.45, 2.75) is 51.7 Å². The van der Waals surface area contributed by atoms with Crippen LogP contribution in [0.5, 0.6) is 11.5 Å². The fraction of sp³-hybridized carbons (Fsp3) is 0.385. The third-order valence-corrected chi connectivity index (χ3v) is 6.22. The van der Waals surface area contributed by atoms with Crippen molar-refractivity contribution in [3.05, 3.63) is 69.1 Å². The molecule has 0 bridgehead atoms. The van der Waals surface area contributed by atoms with E-state index >= 15 is 0 Å². The summed E-state index contributed by atoms with van der Waals surface area (Å²) in [5.74, 6) is 0.800. The molecule has 1 aliphatic heterocycles. The Labute approximate surface area is 192 Å². The van der Waals surface area contributed by atoms with E-state index in [1.807, 2.05) is 50.2 Å². The topological polar surface area (TPSA) is 98.0 Å². The van der Waals surface area contributed by atoms with Crippen molar-refractivity contribution in [3.8, 4) is 11.5 Å². The van der Waals surface area contributed by atoms with Crippen LogP contribution in [0.4, 0.5) is 0 Å². The predicted octanol–water partition coefficient (Wildman–Crippen LogP) is 3.61. The Kier molecular flexibility index (Phi) is 6.17. The highest BCUT2D eigenvalue weighted by atomic mass is 16.5. The van der Waals surface area contributed by atoms with E-state index in [0.717, 1.165) is 17.5 Å². The average molecular weight is 452 g/mol. The second-order valence-electron chi connectivity index (χ2n) is 9.00. The Morgan fingerprint density at radius 3 is 2.67 bits per heavy atom. The molecule has 33 heavy (non-hydrogen) atoms. The van der Waals surface area contributed by atoms with Crippen LogP contribution in [-0.4, -0.2) is 30.3 Å². The van der Waals surface area contributed by atoms with Crippen LogP contribution >= 0.6 is 0 Å². The molecule has 1 unspecified atom stereocenters. The molecule has 174 valence electrons. The van der Waals surface area contributed by atoms with Crippen LogP contribution < -0.4 is 20.4 Å². The van der Waals surface area contributed by atoms with E-state index in [9.17, 15) is 14.7 Å². The number of nitrogens with one attached hydrogen (secondary N) is 1. The first-order valence-electron chi connectivity index (χ1n) is 11.0. The maximum atomic E-state index is 12.9. The van der Waals surface area contributed by atoms with Crippen molar-refractivity contribution in [2.24, 2.45) is 0 Å². The van der Waals surface area contributed by atoms with Crippen LogP contribution in [0.3, 0.4) is 0 Å². The van der Waals surface area contributed by atoms with Gasteiger partial charge < -0.3 is 24.3 Å². The SMILES string of the molecule is COc1cc2c(c3oc(=O)c(CC(=O)NC(CO)c4ccccc4)c(C)c13)CCC(C)(C)O2. The summed E-state index contributed by atoms with van der Waals surface area (Å²) in [7, 11) is 1.55. The minimum Gasteiger partial charge on any atom is -0.496 e. The minimum absolute atomic E-state index is 0.169. The first-order valence-corrected chi connectivity index (χ1v) is 11.0. The van der Waals surface area contributed by atoms with Crippen LogP contribution in [0.2, 0.25) is 0 Å². The molecule has 0 aliphatic carbocycles. The predicted molar refractivity (Wildman–Crippen MR) is 125 cm³/mol. The highest BCUT2D eigenvalue weighted by Crippen LogP contribution is 2.43. The maximum Gasteiger partial charge on any atom is 0.340 e. The molecule has 7 nitrogen and oxygen atoms in total. The van der Waals surface area contributed by atoms with Crippen LogP contribution in [0.1, 0.15) is 48.6 Å². The number of hydrogen-bond donors (Lipinski definition) is 2. The number of fused-ring (bicyclic) bond motifs is 3. The summed E-state index contributed by atoms with van der Waals surface area (Å²) in [4.78, 5) is 25.8. The van der Waals surface area contributed by atoms with Gasteiger partial charge in [-0.05, 0) is 44.7 Å². The standard InChI is InChI=1S/C26H29NO6/c1-15-18(12-22(29)27-19(14-28)16-8-6-5-7-9-16)25(30)32-24-17-10-11-26(2,3)33-20(17)13-21(31-4)23(15)24/h5-9,13,19,28H,10-12,14H2,1-4H3,(H,27,29). The first-order chi connectivity index (χ1) is 15.7. The summed E-state index contributed by atoms with van der Waals surface area (Å²) in [5.41, 5.74) is 2.10. The summed E-state index contributed by atoms with van der Waals surface area (Å²) in [6.45, 7) is 5.58. The Hall–Kier alpha value is -3.32. The van der Waals surface area contributed by atoms with E-state index in [1.54, 1.807) is 14.0 Å². The zero-order chi connectivity index (χ0) is 23.8. The summed E-state index contributed by atoms with van der Waals surface area (Å²) in [5, 5.41) is 13.2. The molecule has 2 aromatic carbocycles. The van der Waals surface area contributed by atoms with E-state index in [2.05, 4.69) is 5.32 Å². The number of rotatable bonds is 6. The van der Waals surface area contributed by atoms with E-state index in [-0.39, 0.29) is 30.1 Å². The average Bonchev–Trinajstić information content (AvgIpc) is 2.79. The molecule has 0 saturated carbocycles. The quantitative estimate of drug-likeness (QED) is 0.556. The fourth-order valence-corrected chi connectivity index (χ4v) is 4.37. The van der Waals surface area contributed by atoms with Gasteiger partial charge in [0, 0.05) is 11.6 Å². The maximum absolute atomic E-state index is 12.9. The number of ether oxygens (including phenoxy) is 2. The molecule has 1 aromatic heterocycles. The van der Waals surface area contributed by atoms with Gasteiger partial charge in [-0.15, -0.1) is 0 Å². The van der Waals surface area contributed by atoms with Crippen molar-refractivity contribution in [3.63, 3.8) is 0 Å². The Bertz CT molecular complexity index is 1250. The smallest absolute Gasteiger partial charge is 0.340 e. The lowest BCUT2D eigenvalue weighted by molar-refractivity contribution is -0.121. The number of carbonyl (C=O) groups is 1. The molecule has 2 N–H and O–H groups in total. The van der Waals surface area contributed by atoms with Crippen molar-refractivity contribution in [1.82, 2.24) is 5.32 Å². The van der Waals surface area contributed by atoms with E-state index in [4.69, 9.17) is 13.9 Å². The van der Waals surface area contributed by atoms with Gasteiger partial charge in [-0.2, -0.15) is 0 Å². The minimum atomic E-state index is -0.562. The van der Waals surface area contributed by atoms with Crippen LogP contribution in [0.15, 0.2) is 45.6 Å². The number of amides is 1. The number of benzene rings is 2.